The fraction of sp³-hybridized carbons (Fsp3) is 0.294. The van der Waals surface area contributed by atoms with Gasteiger partial charge in [0.25, 0.3) is 0 Å². The van der Waals surface area contributed by atoms with Crippen LogP contribution in [0.2, 0.25) is 0 Å². The van der Waals surface area contributed by atoms with E-state index >= 15 is 0 Å². The molecule has 0 saturated heterocycles. The Morgan fingerprint density at radius 2 is 1.56 bits per heavy atom. The lowest BCUT2D eigenvalue weighted by molar-refractivity contribution is 0.165. The maximum atomic E-state index is 10.0. The third-order valence-electron chi connectivity index (χ3n) is 3.20. The van der Waals surface area contributed by atoms with Gasteiger partial charge in [0.2, 0.25) is 0 Å². The molecular weight excluding hydrogens is 220 g/mol. The molecule has 0 saturated carbocycles. The van der Waals surface area contributed by atoms with Gasteiger partial charge in [-0.25, -0.2) is 0 Å². The van der Waals surface area contributed by atoms with Gasteiger partial charge in [-0.3, -0.25) is 0 Å². The third-order valence-corrected chi connectivity index (χ3v) is 3.20. The monoisotopic (exact) mass is 240 g/mol. The lowest BCUT2D eigenvalue weighted by atomic mass is 10.0. The fourth-order valence-corrected chi connectivity index (χ4v) is 2.08. The summed E-state index contributed by atoms with van der Waals surface area (Å²) in [5.41, 5.74) is 3.78. The van der Waals surface area contributed by atoms with Crippen LogP contribution in [0.5, 0.6) is 0 Å². The molecule has 1 N–H and O–H groups in total. The second kappa shape index (κ2) is 6.36. The smallest absolute Gasteiger partial charge is 0.0583 e. The van der Waals surface area contributed by atoms with Gasteiger partial charge in [-0.1, -0.05) is 60.2 Å². The highest BCUT2D eigenvalue weighted by atomic mass is 16.3. The van der Waals surface area contributed by atoms with Crippen molar-refractivity contribution in [1.29, 1.82) is 0 Å². The molecular formula is C17H20O. The van der Waals surface area contributed by atoms with E-state index in [4.69, 9.17) is 0 Å². The minimum Gasteiger partial charge on any atom is -0.393 e. The van der Waals surface area contributed by atoms with E-state index in [9.17, 15) is 5.11 Å². The molecule has 0 heterocycles. The van der Waals surface area contributed by atoms with Crippen molar-refractivity contribution in [3.8, 4) is 0 Å². The summed E-state index contributed by atoms with van der Waals surface area (Å²) in [5, 5.41) is 10.0. The summed E-state index contributed by atoms with van der Waals surface area (Å²) in [6, 6.07) is 18.7. The third kappa shape index (κ3) is 4.01. The Morgan fingerprint density at radius 1 is 0.889 bits per heavy atom. The molecule has 0 amide bonds. The number of benzene rings is 2. The highest BCUT2D eigenvalue weighted by Gasteiger charge is 2.05. The fourth-order valence-electron chi connectivity index (χ4n) is 2.08. The zero-order chi connectivity index (χ0) is 12.8. The summed E-state index contributed by atoms with van der Waals surface area (Å²) in [7, 11) is 0. The Hall–Kier alpha value is -1.60. The second-order valence-electron chi connectivity index (χ2n) is 4.87. The summed E-state index contributed by atoms with van der Waals surface area (Å²) < 4.78 is 0. The molecule has 1 heteroatoms. The average molecular weight is 240 g/mol. The standard InChI is InChI=1S/C17H20O/c1-14-7-9-15(10-8-14)11-12-17(18)13-16-5-3-2-4-6-16/h2-10,17-18H,11-13H2,1H3. The van der Waals surface area contributed by atoms with E-state index in [0.29, 0.717) is 0 Å². The van der Waals surface area contributed by atoms with Crippen LogP contribution in [-0.4, -0.2) is 11.2 Å². The molecule has 2 aromatic rings. The predicted molar refractivity (Wildman–Crippen MR) is 75.7 cm³/mol. The van der Waals surface area contributed by atoms with Crippen molar-refractivity contribution in [3.63, 3.8) is 0 Å². The van der Waals surface area contributed by atoms with Crippen molar-refractivity contribution in [2.45, 2.75) is 32.3 Å². The van der Waals surface area contributed by atoms with Crippen LogP contribution in [0.25, 0.3) is 0 Å². The van der Waals surface area contributed by atoms with E-state index in [1.807, 2.05) is 18.2 Å². The molecule has 0 aliphatic carbocycles. The number of aliphatic hydroxyl groups excluding tert-OH is 1. The summed E-state index contributed by atoms with van der Waals surface area (Å²) in [5.74, 6) is 0. The average Bonchev–Trinajstić information content (AvgIpc) is 2.39. The van der Waals surface area contributed by atoms with Gasteiger partial charge in [0, 0.05) is 0 Å². The van der Waals surface area contributed by atoms with Crippen molar-refractivity contribution in [2.24, 2.45) is 0 Å². The van der Waals surface area contributed by atoms with Crippen LogP contribution >= 0.6 is 0 Å². The maximum Gasteiger partial charge on any atom is 0.0583 e. The van der Waals surface area contributed by atoms with Gasteiger partial charge in [-0.15, -0.1) is 0 Å². The van der Waals surface area contributed by atoms with Crippen molar-refractivity contribution in [3.05, 3.63) is 71.3 Å². The molecule has 1 unspecified atom stereocenters. The molecule has 94 valence electrons. The summed E-state index contributed by atoms with van der Waals surface area (Å²) >= 11 is 0. The molecule has 0 fully saturated rings. The summed E-state index contributed by atoms with van der Waals surface area (Å²) in [6.07, 6.45) is 2.24. The molecule has 0 aliphatic heterocycles. The number of aryl methyl sites for hydroxylation is 2. The summed E-state index contributed by atoms with van der Waals surface area (Å²) in [4.78, 5) is 0. The first-order chi connectivity index (χ1) is 8.74. The van der Waals surface area contributed by atoms with E-state index in [0.717, 1.165) is 19.3 Å². The molecule has 1 atom stereocenters. The number of hydrogen-bond donors (Lipinski definition) is 1. The molecule has 0 bridgehead atoms. The lowest BCUT2D eigenvalue weighted by Gasteiger charge is -2.10. The summed E-state index contributed by atoms with van der Waals surface area (Å²) in [6.45, 7) is 2.09. The topological polar surface area (TPSA) is 20.2 Å². The first-order valence-corrected chi connectivity index (χ1v) is 6.51. The van der Waals surface area contributed by atoms with Crippen LogP contribution in [0.1, 0.15) is 23.1 Å². The molecule has 0 aromatic heterocycles. The lowest BCUT2D eigenvalue weighted by Crippen LogP contribution is -2.11. The Bertz CT molecular complexity index is 459. The van der Waals surface area contributed by atoms with Gasteiger partial charge in [0.1, 0.15) is 0 Å². The van der Waals surface area contributed by atoms with E-state index < -0.39 is 0 Å². The largest absolute Gasteiger partial charge is 0.393 e. The minimum absolute atomic E-state index is 0.256. The molecule has 2 rings (SSSR count). The SMILES string of the molecule is Cc1ccc(CCC(O)Cc2ccccc2)cc1. The van der Waals surface area contributed by atoms with E-state index in [1.165, 1.54) is 16.7 Å². The Kier molecular flexibility index (Phi) is 4.54. The normalized spacial score (nSPS) is 12.3. The van der Waals surface area contributed by atoms with Crippen molar-refractivity contribution in [1.82, 2.24) is 0 Å². The van der Waals surface area contributed by atoms with Gasteiger partial charge >= 0.3 is 0 Å². The van der Waals surface area contributed by atoms with E-state index in [1.54, 1.807) is 0 Å². The highest BCUT2D eigenvalue weighted by Crippen LogP contribution is 2.10. The van der Waals surface area contributed by atoms with Gasteiger partial charge in [0.15, 0.2) is 0 Å². The highest BCUT2D eigenvalue weighted by molar-refractivity contribution is 5.21. The first-order valence-electron chi connectivity index (χ1n) is 6.51. The van der Waals surface area contributed by atoms with Crippen LogP contribution < -0.4 is 0 Å². The van der Waals surface area contributed by atoms with Crippen molar-refractivity contribution >= 4 is 0 Å². The van der Waals surface area contributed by atoms with Crippen LogP contribution in [0.4, 0.5) is 0 Å². The quantitative estimate of drug-likeness (QED) is 0.847. The number of rotatable bonds is 5. The molecule has 1 nitrogen and oxygen atoms in total. The molecule has 0 radical (unpaired) electrons. The van der Waals surface area contributed by atoms with Crippen molar-refractivity contribution < 1.29 is 5.11 Å². The van der Waals surface area contributed by atoms with E-state index in [2.05, 4.69) is 43.3 Å². The van der Waals surface area contributed by atoms with Crippen LogP contribution in [0, 0.1) is 6.92 Å². The zero-order valence-electron chi connectivity index (χ0n) is 10.8. The van der Waals surface area contributed by atoms with E-state index in [-0.39, 0.29) is 6.10 Å². The maximum absolute atomic E-state index is 10.0. The molecule has 0 aliphatic rings. The predicted octanol–water partition coefficient (Wildman–Crippen LogP) is 3.53. The number of aliphatic hydroxyl groups is 1. The van der Waals surface area contributed by atoms with Gasteiger partial charge in [-0.05, 0) is 37.3 Å². The Balaban J connectivity index is 1.81. The van der Waals surface area contributed by atoms with Crippen molar-refractivity contribution in [2.75, 3.05) is 0 Å². The van der Waals surface area contributed by atoms with Crippen LogP contribution in [0.15, 0.2) is 54.6 Å². The Labute approximate surface area is 109 Å². The first kappa shape index (κ1) is 12.8. The minimum atomic E-state index is -0.256. The Morgan fingerprint density at radius 3 is 2.22 bits per heavy atom. The zero-order valence-corrected chi connectivity index (χ0v) is 10.8. The van der Waals surface area contributed by atoms with Crippen LogP contribution in [-0.2, 0) is 12.8 Å². The van der Waals surface area contributed by atoms with Gasteiger partial charge < -0.3 is 5.11 Å². The molecule has 2 aromatic carbocycles. The van der Waals surface area contributed by atoms with Crippen LogP contribution in [0.3, 0.4) is 0 Å². The molecule has 18 heavy (non-hydrogen) atoms. The van der Waals surface area contributed by atoms with Gasteiger partial charge in [-0.2, -0.15) is 0 Å². The van der Waals surface area contributed by atoms with Gasteiger partial charge in [0.05, 0.1) is 6.10 Å². The second-order valence-corrected chi connectivity index (χ2v) is 4.87. The number of hydrogen-bond acceptors (Lipinski definition) is 1. The molecule has 0 spiro atoms.